The number of ether oxygens (including phenoxy) is 2. The topological polar surface area (TPSA) is 34.6 Å². The molecule has 4 rings (SSSR count). The first-order valence-corrected chi connectivity index (χ1v) is 9.16. The van der Waals surface area contributed by atoms with Gasteiger partial charge in [-0.1, -0.05) is 6.07 Å². The molecule has 2 unspecified atom stereocenters. The van der Waals surface area contributed by atoms with Gasteiger partial charge < -0.3 is 9.47 Å². The zero-order valence-electron chi connectivity index (χ0n) is 15.3. The zero-order chi connectivity index (χ0) is 17.4. The molecule has 25 heavy (non-hydrogen) atoms. The highest BCUT2D eigenvalue weighted by atomic mass is 16.7. The van der Waals surface area contributed by atoms with Crippen molar-refractivity contribution in [2.45, 2.75) is 39.7 Å². The Morgan fingerprint density at radius 3 is 2.68 bits per heavy atom. The summed E-state index contributed by atoms with van der Waals surface area (Å²) >= 11 is 0. The maximum Gasteiger partial charge on any atom is 0.231 e. The van der Waals surface area contributed by atoms with Crippen LogP contribution in [-0.2, 0) is 6.42 Å². The molecule has 0 bridgehead atoms. The van der Waals surface area contributed by atoms with E-state index in [4.69, 9.17) is 9.47 Å². The van der Waals surface area contributed by atoms with Crippen LogP contribution in [0, 0.1) is 19.8 Å². The Bertz CT molecular complexity index is 754. The lowest BCUT2D eigenvalue weighted by Gasteiger charge is -2.25. The summed E-state index contributed by atoms with van der Waals surface area (Å²) in [5, 5.41) is 0. The first-order valence-electron chi connectivity index (χ1n) is 9.16. The van der Waals surface area contributed by atoms with E-state index in [1.807, 2.05) is 6.07 Å². The number of likely N-dealkylation sites (tertiary alicyclic amines) is 1. The Kier molecular flexibility index (Phi) is 4.38. The van der Waals surface area contributed by atoms with Crippen LogP contribution >= 0.6 is 0 Å². The number of benzene rings is 1. The van der Waals surface area contributed by atoms with Crippen molar-refractivity contribution in [2.24, 2.45) is 5.92 Å². The molecule has 0 amide bonds. The van der Waals surface area contributed by atoms with Gasteiger partial charge in [0.2, 0.25) is 6.79 Å². The number of aryl methyl sites for hydroxylation is 2. The van der Waals surface area contributed by atoms with E-state index in [-0.39, 0.29) is 0 Å². The van der Waals surface area contributed by atoms with Crippen LogP contribution in [0.25, 0.3) is 0 Å². The van der Waals surface area contributed by atoms with Crippen molar-refractivity contribution in [1.82, 2.24) is 9.88 Å². The van der Waals surface area contributed by atoms with Crippen LogP contribution < -0.4 is 9.47 Å². The number of hydrogen-bond donors (Lipinski definition) is 0. The van der Waals surface area contributed by atoms with E-state index >= 15 is 0 Å². The van der Waals surface area contributed by atoms with E-state index in [1.54, 1.807) is 0 Å². The minimum Gasteiger partial charge on any atom is -0.454 e. The Morgan fingerprint density at radius 2 is 1.88 bits per heavy atom. The number of pyridine rings is 1. The normalized spacial score (nSPS) is 20.8. The van der Waals surface area contributed by atoms with Crippen molar-refractivity contribution in [3.63, 3.8) is 0 Å². The summed E-state index contributed by atoms with van der Waals surface area (Å²) in [6.07, 6.45) is 2.41. The molecule has 1 aromatic heterocycles. The van der Waals surface area contributed by atoms with E-state index in [0.717, 1.165) is 48.3 Å². The van der Waals surface area contributed by atoms with Crippen LogP contribution in [0.2, 0.25) is 0 Å². The maximum absolute atomic E-state index is 5.53. The van der Waals surface area contributed by atoms with E-state index in [2.05, 4.69) is 54.9 Å². The molecule has 0 N–H and O–H groups in total. The minimum atomic E-state index is 0.337. The van der Waals surface area contributed by atoms with Gasteiger partial charge >= 0.3 is 0 Å². The number of hydrogen-bond acceptors (Lipinski definition) is 4. The Morgan fingerprint density at radius 1 is 1.12 bits per heavy atom. The average molecular weight is 338 g/mol. The standard InChI is InChI=1S/C21H26N2O2/c1-14-8-18(9-15(2)22-14)10-17-6-7-23(12-17)16(3)19-4-5-20-21(11-19)25-13-24-20/h4-5,8-9,11,16-17H,6-7,10,12-13H2,1-3H3. The predicted octanol–water partition coefficient (Wildman–Crippen LogP) is 4.05. The fourth-order valence-corrected chi connectivity index (χ4v) is 4.14. The van der Waals surface area contributed by atoms with Gasteiger partial charge in [-0.15, -0.1) is 0 Å². The molecule has 3 heterocycles. The van der Waals surface area contributed by atoms with Gasteiger partial charge in [-0.25, -0.2) is 0 Å². The van der Waals surface area contributed by atoms with E-state index in [0.29, 0.717) is 12.8 Å². The average Bonchev–Trinajstić information content (AvgIpc) is 3.21. The molecule has 2 aliphatic heterocycles. The van der Waals surface area contributed by atoms with Crippen LogP contribution in [0.4, 0.5) is 0 Å². The van der Waals surface area contributed by atoms with Gasteiger partial charge in [0.15, 0.2) is 11.5 Å². The fourth-order valence-electron chi connectivity index (χ4n) is 4.14. The molecular formula is C21H26N2O2. The van der Waals surface area contributed by atoms with Gasteiger partial charge in [0.05, 0.1) is 0 Å². The first kappa shape index (κ1) is 16.4. The van der Waals surface area contributed by atoms with Gasteiger partial charge in [0.1, 0.15) is 0 Å². The summed E-state index contributed by atoms with van der Waals surface area (Å²) in [4.78, 5) is 7.07. The molecule has 2 aliphatic rings. The van der Waals surface area contributed by atoms with Crippen molar-refractivity contribution < 1.29 is 9.47 Å². The number of aromatic nitrogens is 1. The van der Waals surface area contributed by atoms with Gasteiger partial charge in [0.25, 0.3) is 0 Å². The van der Waals surface area contributed by atoms with Crippen LogP contribution in [0.5, 0.6) is 11.5 Å². The summed E-state index contributed by atoms with van der Waals surface area (Å²) in [6, 6.07) is 11.2. The fraction of sp³-hybridized carbons (Fsp3) is 0.476. The van der Waals surface area contributed by atoms with Gasteiger partial charge in [-0.3, -0.25) is 9.88 Å². The molecule has 1 saturated heterocycles. The molecule has 0 radical (unpaired) electrons. The largest absolute Gasteiger partial charge is 0.454 e. The van der Waals surface area contributed by atoms with Gasteiger partial charge in [-0.05, 0) is 81.5 Å². The summed E-state index contributed by atoms with van der Waals surface area (Å²) in [5.74, 6) is 2.46. The summed E-state index contributed by atoms with van der Waals surface area (Å²) in [5.41, 5.74) is 4.98. The second-order valence-electron chi connectivity index (χ2n) is 7.40. The molecule has 2 atom stereocenters. The highest BCUT2D eigenvalue weighted by molar-refractivity contribution is 5.45. The van der Waals surface area contributed by atoms with Crippen LogP contribution in [0.15, 0.2) is 30.3 Å². The SMILES string of the molecule is Cc1cc(CC2CCN(C(C)c3ccc4c(c3)OCO4)C2)cc(C)n1. The van der Waals surface area contributed by atoms with Crippen LogP contribution in [0.3, 0.4) is 0 Å². The zero-order valence-corrected chi connectivity index (χ0v) is 15.3. The molecule has 0 spiro atoms. The summed E-state index contributed by atoms with van der Waals surface area (Å²) < 4.78 is 10.9. The molecule has 1 fully saturated rings. The molecule has 132 valence electrons. The second kappa shape index (κ2) is 6.68. The number of fused-ring (bicyclic) bond motifs is 1. The molecule has 1 aromatic carbocycles. The molecule has 0 saturated carbocycles. The Labute approximate surface area is 149 Å². The maximum atomic E-state index is 5.53. The quantitative estimate of drug-likeness (QED) is 0.842. The van der Waals surface area contributed by atoms with Crippen molar-refractivity contribution in [2.75, 3.05) is 19.9 Å². The lowest BCUT2D eigenvalue weighted by atomic mass is 9.98. The van der Waals surface area contributed by atoms with E-state index in [1.165, 1.54) is 17.5 Å². The third-order valence-corrected chi connectivity index (χ3v) is 5.41. The molecular weight excluding hydrogens is 312 g/mol. The third-order valence-electron chi connectivity index (χ3n) is 5.41. The molecule has 4 nitrogen and oxygen atoms in total. The summed E-state index contributed by atoms with van der Waals surface area (Å²) in [6.45, 7) is 9.10. The lowest BCUT2D eigenvalue weighted by Crippen LogP contribution is -2.24. The Hall–Kier alpha value is -2.07. The monoisotopic (exact) mass is 338 g/mol. The van der Waals surface area contributed by atoms with Crippen molar-refractivity contribution in [1.29, 1.82) is 0 Å². The van der Waals surface area contributed by atoms with E-state index in [9.17, 15) is 0 Å². The molecule has 2 aromatic rings. The molecule has 4 heteroatoms. The smallest absolute Gasteiger partial charge is 0.231 e. The van der Waals surface area contributed by atoms with E-state index < -0.39 is 0 Å². The van der Waals surface area contributed by atoms with Gasteiger partial charge in [-0.2, -0.15) is 0 Å². The predicted molar refractivity (Wildman–Crippen MR) is 98.1 cm³/mol. The second-order valence-corrected chi connectivity index (χ2v) is 7.40. The van der Waals surface area contributed by atoms with Crippen molar-refractivity contribution >= 4 is 0 Å². The highest BCUT2D eigenvalue weighted by Gasteiger charge is 2.28. The van der Waals surface area contributed by atoms with Crippen molar-refractivity contribution in [3.05, 3.63) is 52.8 Å². The minimum absolute atomic E-state index is 0.337. The van der Waals surface area contributed by atoms with Crippen molar-refractivity contribution in [3.8, 4) is 11.5 Å². The van der Waals surface area contributed by atoms with Gasteiger partial charge in [0, 0.05) is 24.0 Å². The molecule has 0 aliphatic carbocycles. The number of rotatable bonds is 4. The first-order chi connectivity index (χ1) is 12.1. The Balaban J connectivity index is 1.41. The summed E-state index contributed by atoms with van der Waals surface area (Å²) in [7, 11) is 0. The van der Waals surface area contributed by atoms with Crippen LogP contribution in [-0.4, -0.2) is 29.8 Å². The highest BCUT2D eigenvalue weighted by Crippen LogP contribution is 2.36. The van der Waals surface area contributed by atoms with Crippen LogP contribution in [0.1, 0.15) is 41.9 Å². The third kappa shape index (κ3) is 3.49. The lowest BCUT2D eigenvalue weighted by molar-refractivity contribution is 0.174. The number of nitrogens with zero attached hydrogens (tertiary/aromatic N) is 2.